The summed E-state index contributed by atoms with van der Waals surface area (Å²) in [4.78, 5) is 27.8. The van der Waals surface area contributed by atoms with Crippen molar-refractivity contribution in [3.05, 3.63) is 45.0 Å². The number of fused-ring (bicyclic) bond motifs is 1. The second kappa shape index (κ2) is 13.3. The van der Waals surface area contributed by atoms with Crippen LogP contribution in [0.3, 0.4) is 0 Å². The van der Waals surface area contributed by atoms with Gasteiger partial charge in [0.1, 0.15) is 23.4 Å². The van der Waals surface area contributed by atoms with E-state index in [0.29, 0.717) is 0 Å². The van der Waals surface area contributed by atoms with Gasteiger partial charge in [0.2, 0.25) is 11.8 Å². The molecule has 6 atom stereocenters. The Bertz CT molecular complexity index is 1640. The third kappa shape index (κ3) is 6.95. The van der Waals surface area contributed by atoms with Crippen molar-refractivity contribution in [2.24, 2.45) is 5.11 Å². The van der Waals surface area contributed by atoms with E-state index >= 15 is 0 Å². The number of aromatic nitrogens is 4. The van der Waals surface area contributed by atoms with Crippen molar-refractivity contribution in [3.63, 3.8) is 0 Å². The number of hydrogen-bond acceptors (Lipinski definition) is 13. The molecular weight excluding hydrogens is 644 g/mol. The average Bonchev–Trinajstić information content (AvgIpc) is 3.47. The van der Waals surface area contributed by atoms with Crippen LogP contribution in [0.5, 0.6) is 11.6 Å². The van der Waals surface area contributed by atoms with Gasteiger partial charge in [0, 0.05) is 11.0 Å². The summed E-state index contributed by atoms with van der Waals surface area (Å²) in [6, 6.07) is 2.96. The van der Waals surface area contributed by atoms with Crippen LogP contribution >= 0.6 is 30.9 Å². The molecule has 44 heavy (non-hydrogen) atoms. The Labute approximate surface area is 261 Å². The highest BCUT2D eigenvalue weighted by Crippen LogP contribution is 2.49. The lowest BCUT2D eigenvalue weighted by Crippen LogP contribution is -2.43. The van der Waals surface area contributed by atoms with Crippen molar-refractivity contribution in [1.82, 2.24) is 24.6 Å². The van der Waals surface area contributed by atoms with E-state index in [-0.39, 0.29) is 38.8 Å². The summed E-state index contributed by atoms with van der Waals surface area (Å²) in [6.45, 7) is 5.59. The normalized spacial score (nSPS) is 23.6. The fourth-order valence-electron chi connectivity index (χ4n) is 4.36. The van der Waals surface area contributed by atoms with Crippen LogP contribution in [-0.4, -0.2) is 74.2 Å². The van der Waals surface area contributed by atoms with Crippen molar-refractivity contribution in [3.8, 4) is 11.6 Å². The van der Waals surface area contributed by atoms with Gasteiger partial charge in [-0.2, -0.15) is 15.1 Å². The van der Waals surface area contributed by atoms with Gasteiger partial charge < -0.3 is 29.6 Å². The SMILES string of the molecule is COc1nc(N)nc2c1ncn2[C@@H]1O[C@H](COP(=O)(N[C@@H](C)C(=O)OC(C)C)Oc2ccc(Cl)c(Cl)c2)[C@@H](O)[C@@]1(C)N=[N+]=[N-]. The van der Waals surface area contributed by atoms with Crippen molar-refractivity contribution in [2.75, 3.05) is 19.5 Å². The minimum Gasteiger partial charge on any atom is -0.479 e. The number of rotatable bonds is 12. The van der Waals surface area contributed by atoms with Gasteiger partial charge in [-0.3, -0.25) is 13.9 Å². The third-order valence-electron chi connectivity index (χ3n) is 6.45. The second-order valence-electron chi connectivity index (χ2n) is 10.1. The number of nitrogens with zero attached hydrogens (tertiary/aromatic N) is 7. The van der Waals surface area contributed by atoms with Gasteiger partial charge in [0.05, 0.1) is 42.3 Å². The number of methoxy groups -OCH3 is 1. The van der Waals surface area contributed by atoms with Crippen LogP contribution in [0.1, 0.15) is 33.9 Å². The lowest BCUT2D eigenvalue weighted by molar-refractivity contribution is -0.149. The van der Waals surface area contributed by atoms with Gasteiger partial charge >= 0.3 is 13.7 Å². The van der Waals surface area contributed by atoms with E-state index in [4.69, 9.17) is 52.2 Å². The number of anilines is 1. The number of carbonyl (C=O) groups excluding carboxylic acids is 1. The predicted molar refractivity (Wildman–Crippen MR) is 158 cm³/mol. The first kappa shape index (κ1) is 33.5. The zero-order chi connectivity index (χ0) is 32.4. The molecular formula is C24H30Cl2N9O8P. The standard InChI is InChI=1S/C24H30Cl2N9O8P/c1-11(2)41-21(37)12(3)32-44(38,43-13-6-7-14(25)15(26)8-13)40-9-16-18(36)24(4,33-34-28)22(42-16)35-10-29-17-19(35)30-23(27)31-20(17)39-5/h6-8,10-12,16,18,22,36H,9H2,1-5H3,(H,32,38)(H2,27,30,31)/t12-,16+,18+,22+,24+,44?/m0/s1. The molecule has 0 radical (unpaired) electrons. The molecule has 3 aromatic rings. The molecule has 0 saturated carbocycles. The molecule has 1 fully saturated rings. The van der Waals surface area contributed by atoms with Crippen LogP contribution in [0.4, 0.5) is 5.95 Å². The summed E-state index contributed by atoms with van der Waals surface area (Å²) >= 11 is 12.1. The van der Waals surface area contributed by atoms with Gasteiger partial charge in [-0.15, -0.1) is 0 Å². The summed E-state index contributed by atoms with van der Waals surface area (Å²) in [5.41, 5.74) is 13.9. The number of carbonyl (C=O) groups is 1. The average molecular weight is 674 g/mol. The number of esters is 1. The van der Waals surface area contributed by atoms with Gasteiger partial charge in [0.25, 0.3) is 0 Å². The topological polar surface area (TPSA) is 231 Å². The lowest BCUT2D eigenvalue weighted by Gasteiger charge is -2.28. The first-order valence-electron chi connectivity index (χ1n) is 13.0. The summed E-state index contributed by atoms with van der Waals surface area (Å²) < 4.78 is 43.3. The van der Waals surface area contributed by atoms with E-state index in [0.717, 1.165) is 0 Å². The maximum atomic E-state index is 14.0. The fraction of sp³-hybridized carbons (Fsp3) is 0.500. The molecule has 3 heterocycles. The third-order valence-corrected chi connectivity index (χ3v) is 8.83. The molecule has 4 rings (SSSR count). The molecule has 20 heteroatoms. The predicted octanol–water partition coefficient (Wildman–Crippen LogP) is 4.18. The van der Waals surface area contributed by atoms with E-state index in [1.807, 2.05) is 0 Å². The van der Waals surface area contributed by atoms with Crippen molar-refractivity contribution in [1.29, 1.82) is 0 Å². The summed E-state index contributed by atoms with van der Waals surface area (Å²) in [5.74, 6) is -0.762. The highest BCUT2D eigenvalue weighted by Gasteiger charge is 2.55. The minimum absolute atomic E-state index is 0.000416. The van der Waals surface area contributed by atoms with E-state index in [1.165, 1.54) is 50.1 Å². The zero-order valence-corrected chi connectivity index (χ0v) is 26.5. The van der Waals surface area contributed by atoms with E-state index in [9.17, 15) is 20.0 Å². The number of imidazole rings is 1. The number of azide groups is 1. The molecule has 1 aliphatic rings. The molecule has 4 N–H and O–H groups in total. The molecule has 2 aromatic heterocycles. The van der Waals surface area contributed by atoms with Crippen molar-refractivity contribution in [2.45, 2.75) is 63.8 Å². The smallest absolute Gasteiger partial charge is 0.459 e. The Morgan fingerprint density at radius 3 is 2.70 bits per heavy atom. The van der Waals surface area contributed by atoms with Gasteiger partial charge in [-0.25, -0.2) is 9.55 Å². The molecule has 0 amide bonds. The Hall–Kier alpha value is -3.40. The zero-order valence-electron chi connectivity index (χ0n) is 24.1. The summed E-state index contributed by atoms with van der Waals surface area (Å²) in [6.07, 6.45) is -3.08. The lowest BCUT2D eigenvalue weighted by atomic mass is 9.93. The number of nitrogen functional groups attached to an aromatic ring is 1. The maximum absolute atomic E-state index is 14.0. The Morgan fingerprint density at radius 2 is 2.07 bits per heavy atom. The Balaban J connectivity index is 1.64. The first-order valence-corrected chi connectivity index (χ1v) is 15.3. The van der Waals surface area contributed by atoms with Crippen LogP contribution < -0.4 is 20.1 Å². The Kier molecular flexibility index (Phi) is 10.1. The molecule has 1 aliphatic heterocycles. The second-order valence-corrected chi connectivity index (χ2v) is 12.6. The number of benzene rings is 1. The van der Waals surface area contributed by atoms with Crippen molar-refractivity contribution < 1.29 is 37.7 Å². The summed E-state index contributed by atoms with van der Waals surface area (Å²) in [7, 11) is -3.04. The fourth-order valence-corrected chi connectivity index (χ4v) is 6.14. The van der Waals surface area contributed by atoms with Gasteiger partial charge in [-0.05, 0) is 45.4 Å². The van der Waals surface area contributed by atoms with Crippen molar-refractivity contribution >= 4 is 54.0 Å². The van der Waals surface area contributed by atoms with Crippen LogP contribution in [0.2, 0.25) is 10.0 Å². The largest absolute Gasteiger partial charge is 0.479 e. The molecule has 1 saturated heterocycles. The highest BCUT2D eigenvalue weighted by atomic mass is 35.5. The van der Waals surface area contributed by atoms with Crippen LogP contribution in [-0.2, 0) is 23.4 Å². The van der Waals surface area contributed by atoms with Gasteiger partial charge in [-0.1, -0.05) is 28.3 Å². The van der Waals surface area contributed by atoms with E-state index < -0.39 is 56.4 Å². The number of hydrogen-bond donors (Lipinski definition) is 3. The number of ether oxygens (including phenoxy) is 3. The highest BCUT2D eigenvalue weighted by molar-refractivity contribution is 7.52. The number of nitrogens with two attached hydrogens (primary N) is 1. The number of aliphatic hydroxyl groups excluding tert-OH is 1. The molecule has 238 valence electrons. The van der Waals surface area contributed by atoms with E-state index in [1.54, 1.807) is 13.8 Å². The first-order chi connectivity index (χ1) is 20.7. The number of aliphatic hydroxyl groups is 1. The monoisotopic (exact) mass is 673 g/mol. The molecule has 0 bridgehead atoms. The number of nitrogens with one attached hydrogen (secondary N) is 1. The van der Waals surface area contributed by atoms with Crippen LogP contribution in [0, 0.1) is 0 Å². The molecule has 0 spiro atoms. The maximum Gasteiger partial charge on any atom is 0.459 e. The molecule has 0 aliphatic carbocycles. The molecule has 1 aromatic carbocycles. The molecule has 1 unspecified atom stereocenters. The van der Waals surface area contributed by atoms with Crippen LogP contribution in [0.15, 0.2) is 29.6 Å². The van der Waals surface area contributed by atoms with Gasteiger partial charge in [0.15, 0.2) is 17.4 Å². The quantitative estimate of drug-likeness (QED) is 0.0805. The molecule has 17 nitrogen and oxygen atoms in total. The Morgan fingerprint density at radius 1 is 1.34 bits per heavy atom. The number of halogens is 2. The summed E-state index contributed by atoms with van der Waals surface area (Å²) in [5, 5.41) is 18.0. The minimum atomic E-state index is -4.42. The van der Waals surface area contributed by atoms with Crippen LogP contribution in [0.25, 0.3) is 21.6 Å². The van der Waals surface area contributed by atoms with E-state index in [2.05, 4.69) is 30.1 Å².